The zero-order valence-corrected chi connectivity index (χ0v) is 15.5. The van der Waals surface area contributed by atoms with Crippen LogP contribution in [0.4, 0.5) is 16.3 Å². The van der Waals surface area contributed by atoms with Crippen LogP contribution < -0.4 is 4.90 Å². The lowest BCUT2D eigenvalue weighted by Crippen LogP contribution is -2.48. The third kappa shape index (κ3) is 2.51. The number of carbonyl (C=O) groups excluding carboxylic acids is 1. The molecule has 0 aliphatic carbocycles. The first-order valence-electron chi connectivity index (χ1n) is 9.17. The van der Waals surface area contributed by atoms with E-state index in [1.165, 1.54) is 6.42 Å². The molecule has 0 spiro atoms. The Balaban J connectivity index is 1.47. The van der Waals surface area contributed by atoms with Crippen LogP contribution in [0.2, 0.25) is 0 Å². The van der Waals surface area contributed by atoms with E-state index in [0.29, 0.717) is 17.9 Å². The summed E-state index contributed by atoms with van der Waals surface area (Å²) in [6, 6.07) is 12.8. The summed E-state index contributed by atoms with van der Waals surface area (Å²) in [7, 11) is 2.16. The van der Waals surface area contributed by atoms with Crippen LogP contribution in [0.25, 0.3) is 0 Å². The van der Waals surface area contributed by atoms with Crippen LogP contribution in [0, 0.1) is 0 Å². The first kappa shape index (κ1) is 16.1. The number of hydrogen-bond acceptors (Lipinski definition) is 5. The van der Waals surface area contributed by atoms with Gasteiger partial charge in [-0.2, -0.15) is 0 Å². The Morgan fingerprint density at radius 2 is 1.92 bits per heavy atom. The summed E-state index contributed by atoms with van der Waals surface area (Å²) < 4.78 is 6.04. The van der Waals surface area contributed by atoms with Crippen molar-refractivity contribution in [2.24, 2.45) is 0 Å². The molecule has 3 aliphatic rings. The second-order valence-electron chi connectivity index (χ2n) is 7.19. The molecule has 2 saturated heterocycles. The van der Waals surface area contributed by atoms with Crippen molar-refractivity contribution >= 4 is 29.4 Å². The molecular weight excluding hydrogens is 346 g/mol. The fourth-order valence-electron chi connectivity index (χ4n) is 4.48. The van der Waals surface area contributed by atoms with Crippen LogP contribution >= 0.6 is 11.8 Å². The largest absolute Gasteiger partial charge is 0.444 e. The number of nitrogens with zero attached hydrogens (tertiary/aromatic N) is 3. The summed E-state index contributed by atoms with van der Waals surface area (Å²) >= 11 is 1.64. The molecule has 2 unspecified atom stereocenters. The Labute approximate surface area is 157 Å². The molecule has 1 amide bonds. The average molecular weight is 367 g/mol. The number of piperidine rings is 1. The van der Waals surface area contributed by atoms with Gasteiger partial charge in [-0.25, -0.2) is 14.7 Å². The Bertz CT molecular complexity index is 813. The molecule has 4 heterocycles. The molecule has 0 radical (unpaired) electrons. The van der Waals surface area contributed by atoms with Gasteiger partial charge in [-0.15, -0.1) is 0 Å². The highest BCUT2D eigenvalue weighted by Gasteiger charge is 2.43. The summed E-state index contributed by atoms with van der Waals surface area (Å²) in [6.07, 6.45) is 5.74. The predicted octanol–water partition coefficient (Wildman–Crippen LogP) is 4.45. The van der Waals surface area contributed by atoms with Gasteiger partial charge >= 0.3 is 6.09 Å². The van der Waals surface area contributed by atoms with Gasteiger partial charge in [0.15, 0.2) is 5.82 Å². The van der Waals surface area contributed by atoms with Crippen molar-refractivity contribution in [1.82, 2.24) is 9.88 Å². The predicted molar refractivity (Wildman–Crippen MR) is 101 cm³/mol. The zero-order chi connectivity index (χ0) is 17.7. The van der Waals surface area contributed by atoms with Gasteiger partial charge in [-0.1, -0.05) is 23.9 Å². The van der Waals surface area contributed by atoms with Gasteiger partial charge < -0.3 is 4.74 Å². The van der Waals surface area contributed by atoms with Gasteiger partial charge in [-0.05, 0) is 57.0 Å². The molecule has 5 rings (SSSR count). The van der Waals surface area contributed by atoms with E-state index in [1.54, 1.807) is 22.9 Å². The van der Waals surface area contributed by atoms with E-state index in [0.717, 1.165) is 34.7 Å². The first-order chi connectivity index (χ1) is 12.7. The lowest BCUT2D eigenvalue weighted by molar-refractivity contribution is 0.0143. The smallest absolute Gasteiger partial charge is 0.420 e. The number of amides is 1. The van der Waals surface area contributed by atoms with Crippen LogP contribution in [0.5, 0.6) is 0 Å². The van der Waals surface area contributed by atoms with Gasteiger partial charge in [0.2, 0.25) is 0 Å². The number of hydrogen-bond donors (Lipinski definition) is 0. The molecule has 2 fully saturated rings. The molecule has 1 aromatic carbocycles. The maximum Gasteiger partial charge on any atom is 0.420 e. The molecule has 26 heavy (non-hydrogen) atoms. The van der Waals surface area contributed by atoms with E-state index < -0.39 is 0 Å². The first-order valence-corrected chi connectivity index (χ1v) is 9.98. The fourth-order valence-corrected chi connectivity index (χ4v) is 5.51. The van der Waals surface area contributed by atoms with E-state index in [1.807, 2.05) is 36.4 Å². The van der Waals surface area contributed by atoms with Crippen molar-refractivity contribution in [1.29, 1.82) is 0 Å². The molecule has 134 valence electrons. The Kier molecular flexibility index (Phi) is 3.90. The third-order valence-electron chi connectivity index (χ3n) is 5.83. The maximum absolute atomic E-state index is 13.2. The summed E-state index contributed by atoms with van der Waals surface area (Å²) in [5.74, 6) is 0.662. The molecule has 2 bridgehead atoms. The number of carbonyl (C=O) groups is 1. The fraction of sp³-hybridized carbons (Fsp3) is 0.400. The number of ether oxygens (including phenoxy) is 1. The molecule has 3 atom stereocenters. The van der Waals surface area contributed by atoms with Crippen LogP contribution in [-0.4, -0.2) is 41.2 Å². The van der Waals surface area contributed by atoms with E-state index in [-0.39, 0.29) is 12.2 Å². The molecule has 0 saturated carbocycles. The maximum atomic E-state index is 13.2. The number of anilines is 2. The Hall–Kier alpha value is -2.05. The molecule has 1 aromatic heterocycles. The van der Waals surface area contributed by atoms with E-state index in [2.05, 4.69) is 16.9 Å². The van der Waals surface area contributed by atoms with Crippen molar-refractivity contribution in [2.45, 2.75) is 53.7 Å². The van der Waals surface area contributed by atoms with Crippen LogP contribution in [0.3, 0.4) is 0 Å². The summed E-state index contributed by atoms with van der Waals surface area (Å²) in [5.41, 5.74) is 0.849. The number of pyridine rings is 1. The van der Waals surface area contributed by atoms with Crippen molar-refractivity contribution in [3.8, 4) is 0 Å². The minimum absolute atomic E-state index is 0.0415. The van der Waals surface area contributed by atoms with Gasteiger partial charge in [-0.3, -0.25) is 4.90 Å². The molecular formula is C20H21N3O2S. The Morgan fingerprint density at radius 3 is 2.85 bits per heavy atom. The SMILES string of the molecule is CN1C2CCC(OC(=O)N3c4ccccc4Sc4cccnc43)[C@H]1CC2. The second-order valence-corrected chi connectivity index (χ2v) is 8.28. The molecule has 5 nitrogen and oxygen atoms in total. The number of para-hydroxylation sites is 1. The number of rotatable bonds is 1. The van der Waals surface area contributed by atoms with Crippen molar-refractivity contribution in [3.63, 3.8) is 0 Å². The highest BCUT2D eigenvalue weighted by molar-refractivity contribution is 7.99. The normalized spacial score (nSPS) is 27.0. The Morgan fingerprint density at radius 1 is 1.12 bits per heavy atom. The number of fused-ring (bicyclic) bond motifs is 4. The van der Waals surface area contributed by atoms with Crippen molar-refractivity contribution in [2.75, 3.05) is 11.9 Å². The minimum Gasteiger partial charge on any atom is -0.444 e. The minimum atomic E-state index is -0.318. The molecule has 2 aromatic rings. The van der Waals surface area contributed by atoms with Gasteiger partial charge in [0.05, 0.1) is 10.6 Å². The van der Waals surface area contributed by atoms with E-state index in [4.69, 9.17) is 4.74 Å². The lowest BCUT2D eigenvalue weighted by atomic mass is 10.0. The second kappa shape index (κ2) is 6.28. The standard InChI is InChI=1S/C20H21N3O2S/c1-22-13-8-10-14(22)16(11-9-13)25-20(24)23-15-5-2-3-6-17(15)26-18-7-4-12-21-19(18)23/h2-7,12-14,16H,8-11H2,1H3/t13?,14-,16?/m1/s1. The monoisotopic (exact) mass is 367 g/mol. The number of aromatic nitrogens is 1. The quantitative estimate of drug-likeness (QED) is 0.745. The summed E-state index contributed by atoms with van der Waals surface area (Å²) in [5, 5.41) is 0. The topological polar surface area (TPSA) is 45.7 Å². The lowest BCUT2D eigenvalue weighted by Gasteiger charge is -2.38. The van der Waals surface area contributed by atoms with Crippen LogP contribution in [0.15, 0.2) is 52.4 Å². The highest BCUT2D eigenvalue weighted by Crippen LogP contribution is 2.47. The molecule has 6 heteroatoms. The van der Waals surface area contributed by atoms with Crippen molar-refractivity contribution in [3.05, 3.63) is 42.6 Å². The molecule has 3 aliphatic heterocycles. The van der Waals surface area contributed by atoms with Crippen LogP contribution in [-0.2, 0) is 4.74 Å². The molecule has 0 N–H and O–H groups in total. The number of benzene rings is 1. The highest BCUT2D eigenvalue weighted by atomic mass is 32.2. The van der Waals surface area contributed by atoms with Gasteiger partial charge in [0.1, 0.15) is 6.10 Å². The van der Waals surface area contributed by atoms with Crippen LogP contribution in [0.1, 0.15) is 25.7 Å². The summed E-state index contributed by atoms with van der Waals surface area (Å²) in [6.45, 7) is 0. The zero-order valence-electron chi connectivity index (χ0n) is 14.7. The van der Waals surface area contributed by atoms with Gasteiger partial charge in [0, 0.05) is 23.2 Å². The number of likely N-dealkylation sites (N-methyl/N-ethyl adjacent to an activating group) is 1. The van der Waals surface area contributed by atoms with E-state index >= 15 is 0 Å². The van der Waals surface area contributed by atoms with E-state index in [9.17, 15) is 4.79 Å². The third-order valence-corrected chi connectivity index (χ3v) is 6.94. The van der Waals surface area contributed by atoms with Gasteiger partial charge in [0.25, 0.3) is 0 Å². The summed E-state index contributed by atoms with van der Waals surface area (Å²) in [4.78, 5) is 23.7. The van der Waals surface area contributed by atoms with Crippen molar-refractivity contribution < 1.29 is 9.53 Å². The average Bonchev–Trinajstić information content (AvgIpc) is 2.89.